The number of nitrogens with zero attached hydrogens (tertiary/aromatic N) is 1. The predicted octanol–water partition coefficient (Wildman–Crippen LogP) is 4.11. The Morgan fingerprint density at radius 3 is 2.55 bits per heavy atom. The van der Waals surface area contributed by atoms with Crippen LogP contribution in [0.25, 0.3) is 6.08 Å². The van der Waals surface area contributed by atoms with Gasteiger partial charge in [-0.3, -0.25) is 4.79 Å². The number of carbonyl (C=O) groups excluding carboxylic acids is 2. The summed E-state index contributed by atoms with van der Waals surface area (Å²) in [5.41, 5.74) is 0.798. The number of carbonyl (C=O) groups is 2. The summed E-state index contributed by atoms with van der Waals surface area (Å²) in [5, 5.41) is 0. The molecule has 1 fully saturated rings. The fourth-order valence-electron chi connectivity index (χ4n) is 3.68. The van der Waals surface area contributed by atoms with Gasteiger partial charge in [-0.05, 0) is 62.1 Å². The van der Waals surface area contributed by atoms with Crippen LogP contribution in [0.15, 0.2) is 54.6 Å². The number of ether oxygens (including phenoxy) is 4. The van der Waals surface area contributed by atoms with Gasteiger partial charge in [0.15, 0.2) is 11.5 Å². The van der Waals surface area contributed by atoms with Gasteiger partial charge in [-0.25, -0.2) is 4.79 Å². The van der Waals surface area contributed by atoms with Crippen molar-refractivity contribution in [1.29, 1.82) is 0 Å². The fourth-order valence-corrected chi connectivity index (χ4v) is 3.68. The molecule has 0 bridgehead atoms. The van der Waals surface area contributed by atoms with Crippen LogP contribution in [0.2, 0.25) is 0 Å². The molecule has 3 rings (SSSR count). The molecule has 0 N–H and O–H groups in total. The number of piperidine rings is 1. The number of para-hydroxylation sites is 1. The lowest BCUT2D eigenvalue weighted by molar-refractivity contribution is -0.153. The summed E-state index contributed by atoms with van der Waals surface area (Å²) >= 11 is 0. The molecule has 0 aliphatic carbocycles. The summed E-state index contributed by atoms with van der Waals surface area (Å²) < 4.78 is 22.1. The van der Waals surface area contributed by atoms with Crippen molar-refractivity contribution in [2.24, 2.45) is 0 Å². The lowest BCUT2D eigenvalue weighted by atomic mass is 10.0. The Morgan fingerprint density at radius 2 is 1.79 bits per heavy atom. The molecular formula is C26H31NO6. The highest BCUT2D eigenvalue weighted by molar-refractivity contribution is 5.94. The van der Waals surface area contributed by atoms with Crippen LogP contribution in [0.4, 0.5) is 0 Å². The number of hydrogen-bond donors (Lipinski definition) is 0. The molecule has 0 saturated carbocycles. The lowest BCUT2D eigenvalue weighted by Crippen LogP contribution is -2.47. The van der Waals surface area contributed by atoms with Crippen LogP contribution in [-0.2, 0) is 14.3 Å². The molecular weight excluding hydrogens is 422 g/mol. The Morgan fingerprint density at radius 1 is 1.00 bits per heavy atom. The summed E-state index contributed by atoms with van der Waals surface area (Å²) in [7, 11) is 1.35. The molecule has 1 unspecified atom stereocenters. The van der Waals surface area contributed by atoms with Crippen molar-refractivity contribution in [2.75, 3.05) is 33.5 Å². The molecule has 0 spiro atoms. The topological polar surface area (TPSA) is 74.3 Å². The second-order valence-electron chi connectivity index (χ2n) is 7.55. The zero-order valence-electron chi connectivity index (χ0n) is 19.2. The maximum Gasteiger partial charge on any atom is 0.328 e. The smallest absolute Gasteiger partial charge is 0.328 e. The highest BCUT2D eigenvalue weighted by Gasteiger charge is 2.31. The van der Waals surface area contributed by atoms with Gasteiger partial charge in [0, 0.05) is 12.6 Å². The third-order valence-corrected chi connectivity index (χ3v) is 5.30. The molecule has 1 aliphatic rings. The molecule has 1 aliphatic heterocycles. The minimum Gasteiger partial charge on any atom is -0.490 e. The molecule has 2 aromatic carbocycles. The van der Waals surface area contributed by atoms with Crippen molar-refractivity contribution >= 4 is 18.0 Å². The first-order valence-corrected chi connectivity index (χ1v) is 11.3. The van der Waals surface area contributed by atoms with E-state index in [1.165, 1.54) is 13.2 Å². The molecule has 7 heteroatoms. The normalized spacial score (nSPS) is 15.8. The quantitative estimate of drug-likeness (QED) is 0.306. The molecule has 176 valence electrons. The van der Waals surface area contributed by atoms with Gasteiger partial charge < -0.3 is 23.8 Å². The number of rotatable bonds is 10. The second kappa shape index (κ2) is 12.5. The molecule has 2 aromatic rings. The van der Waals surface area contributed by atoms with E-state index in [1.807, 2.05) is 55.5 Å². The highest BCUT2D eigenvalue weighted by Crippen LogP contribution is 2.29. The van der Waals surface area contributed by atoms with Gasteiger partial charge in [-0.2, -0.15) is 0 Å². The standard InChI is InChI=1S/C26H31NO6/c1-3-31-24-19-20(12-14-23(24)33-18-17-32-21-9-5-4-6-10-21)13-15-25(28)27-16-8-7-11-22(27)26(29)30-2/h4-6,9-10,12-15,19,22H,3,7-8,11,16-18H2,1-2H3/b15-13+. The number of methoxy groups -OCH3 is 1. The van der Waals surface area contributed by atoms with Gasteiger partial charge in [0.1, 0.15) is 25.0 Å². The van der Waals surface area contributed by atoms with Crippen LogP contribution in [0.3, 0.4) is 0 Å². The van der Waals surface area contributed by atoms with Gasteiger partial charge >= 0.3 is 5.97 Å². The maximum absolute atomic E-state index is 12.7. The van der Waals surface area contributed by atoms with Gasteiger partial charge in [0.25, 0.3) is 0 Å². The van der Waals surface area contributed by atoms with Crippen LogP contribution < -0.4 is 14.2 Å². The van der Waals surface area contributed by atoms with E-state index in [-0.39, 0.29) is 11.9 Å². The van der Waals surface area contributed by atoms with Crippen molar-refractivity contribution in [3.63, 3.8) is 0 Å². The number of amides is 1. The summed E-state index contributed by atoms with van der Waals surface area (Å²) in [6.45, 7) is 3.70. The van der Waals surface area contributed by atoms with E-state index in [1.54, 1.807) is 11.0 Å². The van der Waals surface area contributed by atoms with E-state index < -0.39 is 6.04 Å². The van der Waals surface area contributed by atoms with Crippen LogP contribution in [-0.4, -0.2) is 56.3 Å². The summed E-state index contributed by atoms with van der Waals surface area (Å²) in [5.74, 6) is 1.42. The van der Waals surface area contributed by atoms with Gasteiger partial charge in [0.2, 0.25) is 5.91 Å². The first-order valence-electron chi connectivity index (χ1n) is 11.3. The van der Waals surface area contributed by atoms with Gasteiger partial charge in [-0.15, -0.1) is 0 Å². The highest BCUT2D eigenvalue weighted by atomic mass is 16.5. The van der Waals surface area contributed by atoms with Crippen LogP contribution in [0.1, 0.15) is 31.7 Å². The molecule has 1 saturated heterocycles. The van der Waals surface area contributed by atoms with Crippen molar-refractivity contribution in [1.82, 2.24) is 4.90 Å². The molecule has 0 aromatic heterocycles. The Balaban J connectivity index is 1.61. The molecule has 0 radical (unpaired) electrons. The van der Waals surface area contributed by atoms with Crippen LogP contribution >= 0.6 is 0 Å². The average molecular weight is 454 g/mol. The zero-order chi connectivity index (χ0) is 23.5. The van der Waals surface area contributed by atoms with E-state index in [2.05, 4.69) is 0 Å². The van der Waals surface area contributed by atoms with Gasteiger partial charge in [0.05, 0.1) is 13.7 Å². The molecule has 1 heterocycles. The van der Waals surface area contributed by atoms with Crippen molar-refractivity contribution < 1.29 is 28.5 Å². The molecule has 1 amide bonds. The summed E-state index contributed by atoms with van der Waals surface area (Å²) in [6.07, 6.45) is 5.61. The van der Waals surface area contributed by atoms with Gasteiger partial charge in [-0.1, -0.05) is 24.3 Å². The molecule has 33 heavy (non-hydrogen) atoms. The Kier molecular flexibility index (Phi) is 9.18. The third-order valence-electron chi connectivity index (χ3n) is 5.30. The Bertz CT molecular complexity index is 943. The second-order valence-corrected chi connectivity index (χ2v) is 7.55. The van der Waals surface area contributed by atoms with E-state index in [0.717, 1.165) is 24.2 Å². The zero-order valence-corrected chi connectivity index (χ0v) is 19.2. The minimum absolute atomic E-state index is 0.207. The fraction of sp³-hybridized carbons (Fsp3) is 0.385. The summed E-state index contributed by atoms with van der Waals surface area (Å²) in [4.78, 5) is 26.3. The largest absolute Gasteiger partial charge is 0.490 e. The van der Waals surface area contributed by atoms with Crippen molar-refractivity contribution in [3.8, 4) is 17.2 Å². The SMILES string of the molecule is CCOc1cc(/C=C/C(=O)N2CCCCC2C(=O)OC)ccc1OCCOc1ccccc1. The number of benzene rings is 2. The number of esters is 1. The number of likely N-dealkylation sites (tertiary alicyclic amines) is 1. The van der Waals surface area contributed by atoms with Crippen molar-refractivity contribution in [2.45, 2.75) is 32.2 Å². The van der Waals surface area contributed by atoms with E-state index in [0.29, 0.717) is 44.3 Å². The van der Waals surface area contributed by atoms with E-state index in [4.69, 9.17) is 18.9 Å². The third kappa shape index (κ3) is 7.00. The molecule has 1 atom stereocenters. The molecule has 7 nitrogen and oxygen atoms in total. The predicted molar refractivity (Wildman–Crippen MR) is 125 cm³/mol. The first kappa shape index (κ1) is 24.2. The maximum atomic E-state index is 12.7. The van der Waals surface area contributed by atoms with Crippen LogP contribution in [0, 0.1) is 0 Å². The van der Waals surface area contributed by atoms with Crippen LogP contribution in [0.5, 0.6) is 17.2 Å². The summed E-state index contributed by atoms with van der Waals surface area (Å²) in [6, 6.07) is 14.5. The van der Waals surface area contributed by atoms with E-state index >= 15 is 0 Å². The monoisotopic (exact) mass is 453 g/mol. The Labute approximate surface area is 194 Å². The Hall–Kier alpha value is -3.48. The minimum atomic E-state index is -0.520. The average Bonchev–Trinajstić information content (AvgIpc) is 2.86. The lowest BCUT2D eigenvalue weighted by Gasteiger charge is -2.32. The van der Waals surface area contributed by atoms with E-state index in [9.17, 15) is 9.59 Å². The number of hydrogen-bond acceptors (Lipinski definition) is 6. The first-order chi connectivity index (χ1) is 16.1. The van der Waals surface area contributed by atoms with Crippen molar-refractivity contribution in [3.05, 3.63) is 60.2 Å².